The molecule has 8 heteroatoms. The van der Waals surface area contributed by atoms with E-state index in [1.165, 1.54) is 0 Å². The van der Waals surface area contributed by atoms with Crippen LogP contribution in [0, 0.1) is 0 Å². The molecule has 2 aromatic rings. The van der Waals surface area contributed by atoms with Gasteiger partial charge in [-0.3, -0.25) is 0 Å². The molecule has 21 heavy (non-hydrogen) atoms. The number of rotatable bonds is 6. The third-order valence-electron chi connectivity index (χ3n) is 2.77. The van der Waals surface area contributed by atoms with Gasteiger partial charge in [-0.25, -0.2) is 14.8 Å². The SMILES string of the molecule is COCCn1cncc1CNC(=O)Nc1cccnc1Cl. The lowest BCUT2D eigenvalue weighted by molar-refractivity contribution is 0.186. The minimum atomic E-state index is -0.357. The number of ether oxygens (including phenoxy) is 1. The third kappa shape index (κ3) is 4.44. The first kappa shape index (κ1) is 15.3. The molecule has 0 bridgehead atoms. The summed E-state index contributed by atoms with van der Waals surface area (Å²) < 4.78 is 6.94. The molecule has 0 aliphatic carbocycles. The number of amides is 2. The average molecular weight is 310 g/mol. The van der Waals surface area contributed by atoms with E-state index < -0.39 is 0 Å². The van der Waals surface area contributed by atoms with Crippen molar-refractivity contribution >= 4 is 23.3 Å². The second-order valence-corrected chi connectivity index (χ2v) is 4.58. The molecule has 0 radical (unpaired) electrons. The highest BCUT2D eigenvalue weighted by atomic mass is 35.5. The van der Waals surface area contributed by atoms with Gasteiger partial charge in [-0.2, -0.15) is 0 Å². The molecular weight excluding hydrogens is 294 g/mol. The highest BCUT2D eigenvalue weighted by Crippen LogP contribution is 2.16. The van der Waals surface area contributed by atoms with Crippen molar-refractivity contribution in [3.05, 3.63) is 41.7 Å². The molecule has 0 saturated carbocycles. The highest BCUT2D eigenvalue weighted by Gasteiger charge is 2.07. The molecule has 2 amide bonds. The molecular formula is C13H16ClN5O2. The molecule has 0 aliphatic heterocycles. The van der Waals surface area contributed by atoms with Crippen LogP contribution in [0.4, 0.5) is 10.5 Å². The molecule has 0 fully saturated rings. The summed E-state index contributed by atoms with van der Waals surface area (Å²) >= 11 is 5.87. The Morgan fingerprint density at radius 1 is 1.52 bits per heavy atom. The molecule has 0 aliphatic rings. The van der Waals surface area contributed by atoms with E-state index in [0.717, 1.165) is 5.69 Å². The van der Waals surface area contributed by atoms with E-state index in [1.54, 1.807) is 38.0 Å². The zero-order chi connectivity index (χ0) is 15.1. The van der Waals surface area contributed by atoms with Crippen molar-refractivity contribution in [1.29, 1.82) is 0 Å². The van der Waals surface area contributed by atoms with Gasteiger partial charge in [0, 0.05) is 26.0 Å². The van der Waals surface area contributed by atoms with Gasteiger partial charge in [-0.1, -0.05) is 11.6 Å². The average Bonchev–Trinajstić information content (AvgIpc) is 2.93. The number of hydrogen-bond donors (Lipinski definition) is 2. The first-order chi connectivity index (χ1) is 10.2. The predicted molar refractivity (Wildman–Crippen MR) is 79.2 cm³/mol. The van der Waals surface area contributed by atoms with E-state index in [-0.39, 0.29) is 11.2 Å². The Morgan fingerprint density at radius 3 is 3.14 bits per heavy atom. The van der Waals surface area contributed by atoms with Crippen LogP contribution in [-0.4, -0.2) is 34.3 Å². The molecule has 0 saturated heterocycles. The van der Waals surface area contributed by atoms with Gasteiger partial charge in [-0.05, 0) is 12.1 Å². The van der Waals surface area contributed by atoms with Crippen LogP contribution in [0.25, 0.3) is 0 Å². The molecule has 0 spiro atoms. The zero-order valence-electron chi connectivity index (χ0n) is 11.5. The van der Waals surface area contributed by atoms with Crippen LogP contribution in [0.2, 0.25) is 5.15 Å². The first-order valence-electron chi connectivity index (χ1n) is 6.34. The topological polar surface area (TPSA) is 81.1 Å². The number of imidazole rings is 1. The van der Waals surface area contributed by atoms with E-state index in [4.69, 9.17) is 16.3 Å². The fourth-order valence-electron chi connectivity index (χ4n) is 1.70. The van der Waals surface area contributed by atoms with Gasteiger partial charge in [0.05, 0.1) is 30.9 Å². The lowest BCUT2D eigenvalue weighted by Crippen LogP contribution is -2.29. The summed E-state index contributed by atoms with van der Waals surface area (Å²) in [6.07, 6.45) is 4.96. The number of pyridine rings is 1. The van der Waals surface area contributed by atoms with Crippen molar-refractivity contribution < 1.29 is 9.53 Å². The van der Waals surface area contributed by atoms with Crippen molar-refractivity contribution in [3.63, 3.8) is 0 Å². The fourth-order valence-corrected chi connectivity index (χ4v) is 1.87. The number of carbonyl (C=O) groups excluding carboxylic acids is 1. The lowest BCUT2D eigenvalue weighted by atomic mass is 10.4. The number of nitrogens with zero attached hydrogens (tertiary/aromatic N) is 3. The van der Waals surface area contributed by atoms with E-state index >= 15 is 0 Å². The highest BCUT2D eigenvalue weighted by molar-refractivity contribution is 6.32. The van der Waals surface area contributed by atoms with Crippen molar-refractivity contribution in [1.82, 2.24) is 19.9 Å². The number of aromatic nitrogens is 3. The summed E-state index contributed by atoms with van der Waals surface area (Å²) in [6.45, 7) is 1.62. The normalized spacial score (nSPS) is 10.4. The van der Waals surface area contributed by atoms with Crippen LogP contribution < -0.4 is 10.6 Å². The molecule has 0 aromatic carbocycles. The number of urea groups is 1. The Hall–Kier alpha value is -2.12. The molecule has 2 rings (SSSR count). The van der Waals surface area contributed by atoms with Crippen LogP contribution in [0.3, 0.4) is 0 Å². The van der Waals surface area contributed by atoms with Gasteiger partial charge in [0.1, 0.15) is 0 Å². The third-order valence-corrected chi connectivity index (χ3v) is 3.07. The Morgan fingerprint density at radius 2 is 2.38 bits per heavy atom. The maximum Gasteiger partial charge on any atom is 0.319 e. The smallest absolute Gasteiger partial charge is 0.319 e. The number of carbonyl (C=O) groups is 1. The first-order valence-corrected chi connectivity index (χ1v) is 6.72. The van der Waals surface area contributed by atoms with Crippen molar-refractivity contribution in [2.45, 2.75) is 13.1 Å². The second kappa shape index (κ2) is 7.61. The zero-order valence-corrected chi connectivity index (χ0v) is 12.3. The Labute approximate surface area is 127 Å². The van der Waals surface area contributed by atoms with Gasteiger partial charge in [-0.15, -0.1) is 0 Å². The Balaban J connectivity index is 1.87. The van der Waals surface area contributed by atoms with Crippen LogP contribution in [0.15, 0.2) is 30.9 Å². The molecule has 2 N–H and O–H groups in total. The maximum atomic E-state index is 11.8. The van der Waals surface area contributed by atoms with E-state index in [2.05, 4.69) is 20.6 Å². The fraction of sp³-hybridized carbons (Fsp3) is 0.308. The minimum Gasteiger partial charge on any atom is -0.383 e. The summed E-state index contributed by atoms with van der Waals surface area (Å²) in [5.74, 6) is 0. The Kier molecular flexibility index (Phi) is 5.53. The maximum absolute atomic E-state index is 11.8. The molecule has 2 heterocycles. The monoisotopic (exact) mass is 309 g/mol. The number of methoxy groups -OCH3 is 1. The number of anilines is 1. The minimum absolute atomic E-state index is 0.248. The van der Waals surface area contributed by atoms with Gasteiger partial charge in [0.25, 0.3) is 0 Å². The van der Waals surface area contributed by atoms with Gasteiger partial charge < -0.3 is 19.9 Å². The van der Waals surface area contributed by atoms with E-state index in [1.807, 2.05) is 4.57 Å². The van der Waals surface area contributed by atoms with Crippen LogP contribution in [0.5, 0.6) is 0 Å². The Bertz CT molecular complexity index is 602. The number of nitrogens with one attached hydrogen (secondary N) is 2. The number of halogens is 1. The number of hydrogen-bond acceptors (Lipinski definition) is 4. The molecule has 2 aromatic heterocycles. The quantitative estimate of drug-likeness (QED) is 0.799. The van der Waals surface area contributed by atoms with Crippen LogP contribution in [0.1, 0.15) is 5.69 Å². The lowest BCUT2D eigenvalue weighted by Gasteiger charge is -2.10. The molecule has 112 valence electrons. The van der Waals surface area contributed by atoms with Gasteiger partial charge in [0.2, 0.25) is 0 Å². The summed E-state index contributed by atoms with van der Waals surface area (Å²) in [5, 5.41) is 5.62. The largest absolute Gasteiger partial charge is 0.383 e. The van der Waals surface area contributed by atoms with E-state index in [9.17, 15) is 4.79 Å². The summed E-state index contributed by atoms with van der Waals surface area (Å²) in [5.41, 5.74) is 1.35. The summed E-state index contributed by atoms with van der Waals surface area (Å²) in [4.78, 5) is 19.8. The van der Waals surface area contributed by atoms with Gasteiger partial charge in [0.15, 0.2) is 5.15 Å². The predicted octanol–water partition coefficient (Wildman–Crippen LogP) is 1.90. The second-order valence-electron chi connectivity index (χ2n) is 4.22. The molecule has 0 atom stereocenters. The standard InChI is InChI=1S/C13H16ClN5O2/c1-21-6-5-19-9-15-7-10(19)8-17-13(20)18-11-3-2-4-16-12(11)14/h2-4,7,9H,5-6,8H2,1H3,(H2,17,18,20). The molecule has 0 unspecified atom stereocenters. The van der Waals surface area contributed by atoms with Crippen LogP contribution in [-0.2, 0) is 17.8 Å². The summed E-state index contributed by atoms with van der Waals surface area (Å²) in [6, 6.07) is 3.02. The van der Waals surface area contributed by atoms with Crippen molar-refractivity contribution in [2.75, 3.05) is 19.0 Å². The summed E-state index contributed by atoms with van der Waals surface area (Å²) in [7, 11) is 1.64. The molecule has 7 nitrogen and oxygen atoms in total. The van der Waals surface area contributed by atoms with Crippen molar-refractivity contribution in [2.24, 2.45) is 0 Å². The van der Waals surface area contributed by atoms with Crippen molar-refractivity contribution in [3.8, 4) is 0 Å². The van der Waals surface area contributed by atoms with E-state index in [0.29, 0.717) is 25.4 Å². The van der Waals surface area contributed by atoms with Gasteiger partial charge >= 0.3 is 6.03 Å². The van der Waals surface area contributed by atoms with Crippen LogP contribution >= 0.6 is 11.6 Å².